The van der Waals surface area contributed by atoms with Gasteiger partial charge in [0.25, 0.3) is 0 Å². The Hall–Kier alpha value is -1.37. The van der Waals surface area contributed by atoms with E-state index in [1.165, 1.54) is 4.63 Å². The van der Waals surface area contributed by atoms with Gasteiger partial charge in [0.05, 0.1) is 0 Å². The first kappa shape index (κ1) is 12.1. The molecule has 0 radical (unpaired) electrons. The van der Waals surface area contributed by atoms with Crippen molar-refractivity contribution in [2.24, 2.45) is 0 Å². The number of nitrogens with one attached hydrogen (secondary N) is 1. The van der Waals surface area contributed by atoms with Crippen molar-refractivity contribution in [2.45, 2.75) is 25.5 Å². The van der Waals surface area contributed by atoms with Crippen molar-refractivity contribution in [3.05, 3.63) is 12.1 Å². The molecule has 0 aliphatic rings. The van der Waals surface area contributed by atoms with E-state index >= 15 is 0 Å². The van der Waals surface area contributed by atoms with Crippen LogP contribution in [0.25, 0.3) is 5.65 Å². The molecule has 0 unspecified atom stereocenters. The van der Waals surface area contributed by atoms with Gasteiger partial charge in [-0.2, -0.15) is 11.8 Å². The first-order valence-corrected chi connectivity index (χ1v) is 6.46. The predicted molar refractivity (Wildman–Crippen MR) is 69.3 cm³/mol. The molecule has 2 heterocycles. The van der Waals surface area contributed by atoms with Crippen LogP contribution < -0.4 is 5.32 Å². The fraction of sp³-hybridized carbons (Fsp3) is 0.600. The van der Waals surface area contributed by atoms with Crippen LogP contribution in [0.15, 0.2) is 12.1 Å². The predicted octanol–water partition coefficient (Wildman–Crippen LogP) is 1.46. The third kappa shape index (κ3) is 3.55. The highest BCUT2D eigenvalue weighted by Gasteiger charge is 2.09. The summed E-state index contributed by atoms with van der Waals surface area (Å²) in [5.74, 6) is 1.83. The molecule has 0 amide bonds. The van der Waals surface area contributed by atoms with Crippen LogP contribution in [0.3, 0.4) is 0 Å². The Morgan fingerprint density at radius 3 is 2.94 bits per heavy atom. The molecule has 1 N–H and O–H groups in total. The summed E-state index contributed by atoms with van der Waals surface area (Å²) >= 11 is 1.92. The minimum Gasteiger partial charge on any atom is -0.368 e. The molecule has 2 aromatic rings. The molecule has 0 spiro atoms. The van der Waals surface area contributed by atoms with E-state index in [0.29, 0.717) is 10.4 Å². The van der Waals surface area contributed by atoms with Crippen molar-refractivity contribution in [1.29, 1.82) is 0 Å². The Balaban J connectivity index is 1.86. The Bertz CT molecular complexity index is 489. The standard InChI is InChI=1S/C10H16N6S/c1-10(2,3)17-7-6-11-8-4-5-9-12-14-15-16(9)13-8/h4-5H,6-7H2,1-3H3,(H,11,13). The van der Waals surface area contributed by atoms with E-state index in [-0.39, 0.29) is 0 Å². The van der Waals surface area contributed by atoms with E-state index in [0.717, 1.165) is 18.1 Å². The van der Waals surface area contributed by atoms with Crippen molar-refractivity contribution < 1.29 is 0 Å². The van der Waals surface area contributed by atoms with Gasteiger partial charge >= 0.3 is 0 Å². The molecule has 2 aromatic heterocycles. The molecule has 0 saturated heterocycles. The summed E-state index contributed by atoms with van der Waals surface area (Å²) in [5, 5.41) is 18.6. The lowest BCUT2D eigenvalue weighted by Gasteiger charge is -2.17. The Morgan fingerprint density at radius 1 is 1.35 bits per heavy atom. The molecule has 0 aliphatic heterocycles. The Kier molecular flexibility index (Phi) is 3.46. The molecule has 0 aromatic carbocycles. The van der Waals surface area contributed by atoms with Gasteiger partial charge in [0.1, 0.15) is 5.82 Å². The van der Waals surface area contributed by atoms with E-state index in [2.05, 4.69) is 46.7 Å². The van der Waals surface area contributed by atoms with E-state index in [4.69, 9.17) is 0 Å². The summed E-state index contributed by atoms with van der Waals surface area (Å²) in [4.78, 5) is 0. The van der Waals surface area contributed by atoms with Crippen LogP contribution in [0.2, 0.25) is 0 Å². The number of rotatable bonds is 4. The molecule has 0 bridgehead atoms. The number of aromatic nitrogens is 5. The van der Waals surface area contributed by atoms with Gasteiger partial charge < -0.3 is 5.32 Å². The molecule has 0 fully saturated rings. The Morgan fingerprint density at radius 2 is 2.18 bits per heavy atom. The smallest absolute Gasteiger partial charge is 0.200 e. The fourth-order valence-corrected chi connectivity index (χ4v) is 2.10. The quantitative estimate of drug-likeness (QED) is 0.831. The lowest BCUT2D eigenvalue weighted by molar-refractivity contribution is 0.734. The lowest BCUT2D eigenvalue weighted by atomic mass is 10.3. The SMILES string of the molecule is CC(C)(C)SCCNc1ccc2nnnn2n1. The average Bonchev–Trinajstić information content (AvgIpc) is 2.70. The number of thioether (sulfide) groups is 1. The van der Waals surface area contributed by atoms with Crippen molar-refractivity contribution in [1.82, 2.24) is 25.3 Å². The topological polar surface area (TPSA) is 68.0 Å². The van der Waals surface area contributed by atoms with Crippen molar-refractivity contribution in [2.75, 3.05) is 17.6 Å². The van der Waals surface area contributed by atoms with Crippen LogP contribution in [-0.2, 0) is 0 Å². The molecular weight excluding hydrogens is 236 g/mol. The van der Waals surface area contributed by atoms with Gasteiger partial charge in [0, 0.05) is 17.0 Å². The summed E-state index contributed by atoms with van der Waals surface area (Å²) in [6.45, 7) is 7.51. The van der Waals surface area contributed by atoms with E-state index in [1.54, 1.807) is 0 Å². The van der Waals surface area contributed by atoms with Gasteiger partial charge in [0.15, 0.2) is 5.65 Å². The number of tetrazole rings is 1. The number of fused-ring (bicyclic) bond motifs is 1. The van der Waals surface area contributed by atoms with Crippen molar-refractivity contribution >= 4 is 23.2 Å². The maximum Gasteiger partial charge on any atom is 0.200 e. The van der Waals surface area contributed by atoms with Gasteiger partial charge in [-0.1, -0.05) is 20.8 Å². The molecule has 0 atom stereocenters. The molecule has 17 heavy (non-hydrogen) atoms. The number of hydrogen-bond donors (Lipinski definition) is 1. The number of hydrogen-bond acceptors (Lipinski definition) is 6. The van der Waals surface area contributed by atoms with Crippen molar-refractivity contribution in [3.8, 4) is 0 Å². The van der Waals surface area contributed by atoms with Crippen LogP contribution in [0.5, 0.6) is 0 Å². The monoisotopic (exact) mass is 252 g/mol. The van der Waals surface area contributed by atoms with Gasteiger partial charge in [-0.25, -0.2) is 0 Å². The van der Waals surface area contributed by atoms with Crippen molar-refractivity contribution in [3.63, 3.8) is 0 Å². The van der Waals surface area contributed by atoms with Gasteiger partial charge in [-0.05, 0) is 22.6 Å². The summed E-state index contributed by atoms with van der Waals surface area (Å²) in [6.07, 6.45) is 0. The molecule has 92 valence electrons. The summed E-state index contributed by atoms with van der Waals surface area (Å²) in [7, 11) is 0. The molecule has 0 saturated carbocycles. The third-order valence-electron chi connectivity index (χ3n) is 2.01. The highest BCUT2D eigenvalue weighted by molar-refractivity contribution is 8.00. The first-order valence-electron chi connectivity index (χ1n) is 5.48. The maximum atomic E-state index is 4.23. The second-order valence-electron chi connectivity index (χ2n) is 4.63. The first-order chi connectivity index (χ1) is 8.04. The second-order valence-corrected chi connectivity index (χ2v) is 6.55. The largest absolute Gasteiger partial charge is 0.368 e. The normalized spacial score (nSPS) is 11.9. The van der Waals surface area contributed by atoms with Gasteiger partial charge in [-0.3, -0.25) is 0 Å². The minimum absolute atomic E-state index is 0.300. The summed E-state index contributed by atoms with van der Waals surface area (Å²) < 4.78 is 1.72. The molecular formula is C10H16N6S. The Labute approximate surface area is 104 Å². The molecule has 2 rings (SSSR count). The fourth-order valence-electron chi connectivity index (χ4n) is 1.28. The van der Waals surface area contributed by atoms with Gasteiger partial charge in [0.2, 0.25) is 0 Å². The molecule has 0 aliphatic carbocycles. The van der Waals surface area contributed by atoms with Crippen LogP contribution in [0.1, 0.15) is 20.8 Å². The second kappa shape index (κ2) is 4.87. The molecule has 6 nitrogen and oxygen atoms in total. The zero-order chi connectivity index (χ0) is 12.3. The van der Waals surface area contributed by atoms with Crippen LogP contribution in [0, 0.1) is 0 Å². The zero-order valence-electron chi connectivity index (χ0n) is 10.2. The summed E-state index contributed by atoms with van der Waals surface area (Å²) in [6, 6.07) is 3.72. The van der Waals surface area contributed by atoms with E-state index < -0.39 is 0 Å². The van der Waals surface area contributed by atoms with Crippen LogP contribution in [0.4, 0.5) is 5.82 Å². The van der Waals surface area contributed by atoms with Crippen LogP contribution >= 0.6 is 11.8 Å². The molecule has 7 heteroatoms. The number of nitrogens with zero attached hydrogens (tertiary/aromatic N) is 5. The third-order valence-corrected chi connectivity index (χ3v) is 3.29. The maximum absolute atomic E-state index is 4.23. The number of anilines is 1. The van der Waals surface area contributed by atoms with E-state index in [9.17, 15) is 0 Å². The van der Waals surface area contributed by atoms with Gasteiger partial charge in [-0.15, -0.1) is 14.8 Å². The highest BCUT2D eigenvalue weighted by atomic mass is 32.2. The van der Waals surface area contributed by atoms with E-state index in [1.807, 2.05) is 23.9 Å². The summed E-state index contributed by atoms with van der Waals surface area (Å²) in [5.41, 5.74) is 0.652. The highest BCUT2D eigenvalue weighted by Crippen LogP contribution is 2.22. The minimum atomic E-state index is 0.300. The zero-order valence-corrected chi connectivity index (χ0v) is 11.0. The van der Waals surface area contributed by atoms with Crippen LogP contribution in [-0.4, -0.2) is 42.3 Å². The lowest BCUT2D eigenvalue weighted by Crippen LogP contribution is -2.14. The average molecular weight is 252 g/mol.